The van der Waals surface area contributed by atoms with Gasteiger partial charge >= 0.3 is 0 Å². The van der Waals surface area contributed by atoms with Crippen molar-refractivity contribution in [1.29, 1.82) is 0 Å². The Morgan fingerprint density at radius 2 is 1.95 bits per heavy atom. The summed E-state index contributed by atoms with van der Waals surface area (Å²) in [4.78, 5) is 0. The van der Waals surface area contributed by atoms with Gasteiger partial charge in [-0.2, -0.15) is 0 Å². The van der Waals surface area contributed by atoms with E-state index >= 15 is 0 Å². The van der Waals surface area contributed by atoms with E-state index in [2.05, 4.69) is 30.3 Å². The number of allylic oxidation sites excluding steroid dienone is 2. The zero-order chi connectivity index (χ0) is 14.3. The van der Waals surface area contributed by atoms with E-state index in [0.717, 1.165) is 32.1 Å². The van der Waals surface area contributed by atoms with Crippen molar-refractivity contribution in [3.05, 3.63) is 24.8 Å². The lowest BCUT2D eigenvalue weighted by Gasteiger charge is -2.03. The van der Waals surface area contributed by atoms with Gasteiger partial charge in [0.25, 0.3) is 0 Å². The van der Waals surface area contributed by atoms with Crippen LogP contribution in [0.25, 0.3) is 0 Å². The smallest absolute Gasteiger partial charge is 0.115 e. The Bertz CT molecular complexity index is 374. The Morgan fingerprint density at radius 3 is 2.63 bits per heavy atom. The summed E-state index contributed by atoms with van der Waals surface area (Å²) in [6.07, 6.45) is 9.84. The maximum Gasteiger partial charge on any atom is 0.115 e. The minimum absolute atomic E-state index is 0.438. The maximum absolute atomic E-state index is 9.64. The second-order valence-corrected chi connectivity index (χ2v) is 4.32. The minimum Gasteiger partial charge on any atom is -0.389 e. The fourth-order valence-electron chi connectivity index (χ4n) is 1.37. The van der Waals surface area contributed by atoms with Crippen LogP contribution in [0.2, 0.25) is 0 Å². The first-order valence-electron chi connectivity index (χ1n) is 6.85. The molecule has 0 saturated carbocycles. The molecule has 0 bridgehead atoms. The quantitative estimate of drug-likeness (QED) is 0.400. The third kappa shape index (κ3) is 12.8. The first-order chi connectivity index (χ1) is 9.20. The third-order valence-electron chi connectivity index (χ3n) is 2.57. The summed E-state index contributed by atoms with van der Waals surface area (Å²) in [6, 6.07) is 0. The maximum atomic E-state index is 9.64. The number of unbranched alkanes of at least 4 members (excludes halogenated alkanes) is 3. The number of hydrogen-bond donors (Lipinski definition) is 2. The van der Waals surface area contributed by atoms with E-state index in [0.29, 0.717) is 6.42 Å². The Hall–Kier alpha value is -1.48. The average Bonchev–Trinajstić information content (AvgIpc) is 2.42. The van der Waals surface area contributed by atoms with E-state index in [9.17, 15) is 5.11 Å². The van der Waals surface area contributed by atoms with Crippen LogP contribution in [-0.2, 0) is 0 Å². The van der Waals surface area contributed by atoms with Gasteiger partial charge in [0, 0.05) is 0 Å². The minimum atomic E-state index is -0.598. The Morgan fingerprint density at radius 1 is 1.16 bits per heavy atom. The molecule has 2 N–H and O–H groups in total. The summed E-state index contributed by atoms with van der Waals surface area (Å²) in [5.74, 6) is 10.5. The van der Waals surface area contributed by atoms with Crippen molar-refractivity contribution < 1.29 is 10.2 Å². The first kappa shape index (κ1) is 17.5. The molecule has 2 unspecified atom stereocenters. The summed E-state index contributed by atoms with van der Waals surface area (Å²) in [7, 11) is 0. The predicted molar refractivity (Wildman–Crippen MR) is 80.3 cm³/mol. The van der Waals surface area contributed by atoms with E-state index in [1.165, 1.54) is 0 Å². The van der Waals surface area contributed by atoms with Crippen LogP contribution in [0.4, 0.5) is 0 Å². The van der Waals surface area contributed by atoms with Crippen molar-refractivity contribution in [3.8, 4) is 23.7 Å². The highest BCUT2D eigenvalue weighted by Gasteiger charge is 1.97. The molecule has 0 aliphatic heterocycles. The molecule has 19 heavy (non-hydrogen) atoms. The molecule has 0 heterocycles. The topological polar surface area (TPSA) is 40.5 Å². The highest BCUT2D eigenvalue weighted by Crippen LogP contribution is 2.06. The number of aliphatic hydroxyl groups is 2. The summed E-state index contributed by atoms with van der Waals surface area (Å²) >= 11 is 0. The fourth-order valence-corrected chi connectivity index (χ4v) is 1.37. The second-order valence-electron chi connectivity index (χ2n) is 4.32. The average molecular weight is 260 g/mol. The van der Waals surface area contributed by atoms with Crippen LogP contribution in [0.1, 0.15) is 45.4 Å². The second kappa shape index (κ2) is 13.0. The Kier molecular flexibility index (Phi) is 12.0. The molecule has 0 fully saturated rings. The normalized spacial score (nSPS) is 13.0. The molecule has 2 heteroatoms. The number of aliphatic hydroxyl groups excluding tert-OH is 2. The molecule has 2 atom stereocenters. The number of hydrogen-bond acceptors (Lipinski definition) is 2. The molecular weight excluding hydrogens is 236 g/mol. The first-order valence-corrected chi connectivity index (χ1v) is 6.85. The lowest BCUT2D eigenvalue weighted by atomic mass is 10.1. The van der Waals surface area contributed by atoms with Crippen LogP contribution in [-0.4, -0.2) is 22.4 Å². The van der Waals surface area contributed by atoms with Crippen molar-refractivity contribution in [2.75, 3.05) is 0 Å². The molecule has 104 valence electrons. The molecule has 0 aromatic carbocycles. The number of rotatable bonds is 8. The van der Waals surface area contributed by atoms with Crippen molar-refractivity contribution in [1.82, 2.24) is 0 Å². The van der Waals surface area contributed by atoms with E-state index in [1.807, 2.05) is 13.0 Å². The van der Waals surface area contributed by atoms with E-state index in [1.54, 1.807) is 12.2 Å². The highest BCUT2D eigenvalue weighted by atomic mass is 16.3. The molecule has 0 amide bonds. The van der Waals surface area contributed by atoms with Gasteiger partial charge in [-0.25, -0.2) is 0 Å². The molecule has 0 aromatic heterocycles. The van der Waals surface area contributed by atoms with Gasteiger partial charge < -0.3 is 10.2 Å². The van der Waals surface area contributed by atoms with Gasteiger partial charge in [-0.3, -0.25) is 0 Å². The summed E-state index contributed by atoms with van der Waals surface area (Å²) in [6.45, 7) is 5.53. The van der Waals surface area contributed by atoms with Crippen molar-refractivity contribution in [2.24, 2.45) is 0 Å². The largest absolute Gasteiger partial charge is 0.389 e. The third-order valence-corrected chi connectivity index (χ3v) is 2.57. The van der Waals surface area contributed by atoms with Crippen LogP contribution in [0.3, 0.4) is 0 Å². The molecule has 0 rings (SSSR count). The molecule has 2 nitrogen and oxygen atoms in total. The van der Waals surface area contributed by atoms with Crippen LogP contribution in [0, 0.1) is 23.7 Å². The lowest BCUT2D eigenvalue weighted by molar-refractivity contribution is 0.208. The van der Waals surface area contributed by atoms with Crippen molar-refractivity contribution in [3.63, 3.8) is 0 Å². The van der Waals surface area contributed by atoms with Gasteiger partial charge in [0.05, 0.1) is 6.10 Å². The van der Waals surface area contributed by atoms with Gasteiger partial charge in [0.1, 0.15) is 6.10 Å². The molecule has 0 spiro atoms. The van der Waals surface area contributed by atoms with Crippen LogP contribution < -0.4 is 0 Å². The monoisotopic (exact) mass is 260 g/mol. The van der Waals surface area contributed by atoms with E-state index in [-0.39, 0.29) is 0 Å². The SMILES string of the molecule is C=CCCCCCC(O)/C=C/C#CC#CC(O)CC. The molecule has 0 aliphatic rings. The highest BCUT2D eigenvalue weighted by molar-refractivity contribution is 5.31. The summed E-state index contributed by atoms with van der Waals surface area (Å²) in [5, 5.41) is 18.8. The van der Waals surface area contributed by atoms with Crippen LogP contribution >= 0.6 is 0 Å². The molecule has 0 aromatic rings. The predicted octanol–water partition coefficient (Wildman–Crippen LogP) is 2.82. The zero-order valence-electron chi connectivity index (χ0n) is 11.7. The Labute approximate surface area is 117 Å². The zero-order valence-corrected chi connectivity index (χ0v) is 11.7. The van der Waals surface area contributed by atoms with Gasteiger partial charge in [-0.05, 0) is 49.7 Å². The van der Waals surface area contributed by atoms with Crippen LogP contribution in [0.15, 0.2) is 24.8 Å². The fraction of sp³-hybridized carbons (Fsp3) is 0.529. The van der Waals surface area contributed by atoms with Gasteiger partial charge in [0.15, 0.2) is 0 Å². The van der Waals surface area contributed by atoms with Gasteiger partial charge in [-0.15, -0.1) is 6.58 Å². The molecule has 0 aliphatic carbocycles. The summed E-state index contributed by atoms with van der Waals surface area (Å²) < 4.78 is 0. The van der Waals surface area contributed by atoms with Crippen molar-refractivity contribution in [2.45, 2.75) is 57.7 Å². The lowest BCUT2D eigenvalue weighted by Crippen LogP contribution is -2.01. The van der Waals surface area contributed by atoms with Gasteiger partial charge in [0.2, 0.25) is 0 Å². The molecular formula is C17H24O2. The molecule has 0 radical (unpaired) electrons. The standard InChI is InChI=1S/C17H24O2/c1-3-5-6-7-11-14-17(19)15-12-9-8-10-13-16(18)4-2/h3,12,15-19H,1,4-7,11,14H2,2H3/b15-12+. The van der Waals surface area contributed by atoms with Gasteiger partial charge in [-0.1, -0.05) is 37.7 Å². The van der Waals surface area contributed by atoms with E-state index in [4.69, 9.17) is 5.11 Å². The Balaban J connectivity index is 3.77. The van der Waals surface area contributed by atoms with Crippen molar-refractivity contribution >= 4 is 0 Å². The van der Waals surface area contributed by atoms with Crippen LogP contribution in [0.5, 0.6) is 0 Å². The summed E-state index contributed by atoms with van der Waals surface area (Å²) in [5.41, 5.74) is 0. The van der Waals surface area contributed by atoms with E-state index < -0.39 is 12.2 Å². The molecule has 0 saturated heterocycles.